The molecular weight excluding hydrogens is 354 g/mol. The molecule has 2 amide bonds. The van der Waals surface area contributed by atoms with Gasteiger partial charge in [-0.3, -0.25) is 0 Å². The molecule has 4 rings (SSSR count). The van der Waals surface area contributed by atoms with Crippen LogP contribution in [0.25, 0.3) is 0 Å². The van der Waals surface area contributed by atoms with Crippen molar-refractivity contribution in [3.05, 3.63) is 35.9 Å². The first-order chi connectivity index (χ1) is 13.7. The zero-order valence-electron chi connectivity index (χ0n) is 16.6. The molecule has 0 spiro atoms. The largest absolute Gasteiger partial charge is 0.494 e. The second-order valence-corrected chi connectivity index (χ2v) is 7.59. The van der Waals surface area contributed by atoms with Gasteiger partial charge < -0.3 is 19.5 Å². The van der Waals surface area contributed by atoms with Crippen molar-refractivity contribution in [2.75, 3.05) is 25.0 Å². The second kappa shape index (κ2) is 8.63. The van der Waals surface area contributed by atoms with Crippen LogP contribution < -0.4 is 10.1 Å². The van der Waals surface area contributed by atoms with E-state index in [1.54, 1.807) is 0 Å². The highest BCUT2D eigenvalue weighted by Crippen LogP contribution is 2.29. The molecule has 0 radical (unpaired) electrons. The number of urea groups is 1. The van der Waals surface area contributed by atoms with Crippen molar-refractivity contribution >= 4 is 11.7 Å². The molecule has 7 nitrogen and oxygen atoms in total. The Morgan fingerprint density at radius 2 is 2.04 bits per heavy atom. The number of amides is 2. The monoisotopic (exact) mass is 383 g/mol. The van der Waals surface area contributed by atoms with E-state index in [9.17, 15) is 4.79 Å². The van der Waals surface area contributed by atoms with Gasteiger partial charge in [0, 0.05) is 43.7 Å². The smallest absolute Gasteiger partial charge is 0.321 e. The minimum absolute atomic E-state index is 0.0489. The first-order valence-corrected chi connectivity index (χ1v) is 10.5. The SMILES string of the molecule is CCOc1cccc(NC(=O)N2CCC(c3nnc4n3CCCCC4)CC2)c1. The van der Waals surface area contributed by atoms with Crippen LogP contribution in [0, 0.1) is 0 Å². The normalized spacial score (nSPS) is 17.7. The summed E-state index contributed by atoms with van der Waals surface area (Å²) < 4.78 is 7.84. The standard InChI is InChI=1S/C21H29N5O2/c1-2-28-18-8-6-7-17(15-18)22-21(27)25-13-10-16(11-14-25)20-24-23-19-9-4-3-5-12-26(19)20/h6-8,15-16H,2-5,9-14H2,1H3,(H,22,27). The number of aromatic nitrogens is 3. The Morgan fingerprint density at radius 1 is 1.18 bits per heavy atom. The number of benzene rings is 1. The predicted molar refractivity (Wildman–Crippen MR) is 108 cm³/mol. The molecule has 0 saturated carbocycles. The molecule has 1 saturated heterocycles. The summed E-state index contributed by atoms with van der Waals surface area (Å²) in [6.07, 6.45) is 6.59. The number of hydrogen-bond donors (Lipinski definition) is 1. The lowest BCUT2D eigenvalue weighted by Crippen LogP contribution is -2.41. The van der Waals surface area contributed by atoms with Gasteiger partial charge in [-0.2, -0.15) is 0 Å². The third-order valence-electron chi connectivity index (χ3n) is 5.68. The fraction of sp³-hybridized carbons (Fsp3) is 0.571. The molecule has 7 heteroatoms. The van der Waals surface area contributed by atoms with Crippen LogP contribution in [0.1, 0.15) is 56.6 Å². The van der Waals surface area contributed by atoms with Crippen LogP contribution in [0.3, 0.4) is 0 Å². The minimum atomic E-state index is -0.0489. The average Bonchev–Trinajstić information content (AvgIpc) is 2.97. The van der Waals surface area contributed by atoms with Gasteiger partial charge in [0.15, 0.2) is 0 Å². The molecule has 150 valence electrons. The Bertz CT molecular complexity index is 811. The number of ether oxygens (including phenoxy) is 1. The van der Waals surface area contributed by atoms with Crippen LogP contribution in [-0.4, -0.2) is 45.4 Å². The van der Waals surface area contributed by atoms with Crippen LogP contribution in [0.15, 0.2) is 24.3 Å². The van der Waals surface area contributed by atoms with Gasteiger partial charge in [-0.05, 0) is 44.7 Å². The number of hydrogen-bond acceptors (Lipinski definition) is 4. The first-order valence-electron chi connectivity index (χ1n) is 10.5. The lowest BCUT2D eigenvalue weighted by molar-refractivity contribution is 0.193. The van der Waals surface area contributed by atoms with Crippen molar-refractivity contribution < 1.29 is 9.53 Å². The third kappa shape index (κ3) is 4.13. The average molecular weight is 383 g/mol. The van der Waals surface area contributed by atoms with Crippen molar-refractivity contribution in [2.45, 2.75) is 57.9 Å². The molecule has 2 aliphatic rings. The summed E-state index contributed by atoms with van der Waals surface area (Å²) in [5.74, 6) is 3.43. The van der Waals surface area contributed by atoms with Gasteiger partial charge in [0.2, 0.25) is 0 Å². The topological polar surface area (TPSA) is 72.3 Å². The highest BCUT2D eigenvalue weighted by molar-refractivity contribution is 5.89. The molecule has 2 aliphatic heterocycles. The maximum absolute atomic E-state index is 12.6. The summed E-state index contributed by atoms with van der Waals surface area (Å²) in [5, 5.41) is 11.9. The number of carbonyl (C=O) groups is 1. The van der Waals surface area contributed by atoms with Crippen LogP contribution >= 0.6 is 0 Å². The van der Waals surface area contributed by atoms with Crippen LogP contribution in [0.4, 0.5) is 10.5 Å². The van der Waals surface area contributed by atoms with E-state index in [1.807, 2.05) is 36.1 Å². The molecule has 28 heavy (non-hydrogen) atoms. The molecule has 1 aromatic carbocycles. The van der Waals surface area contributed by atoms with E-state index < -0.39 is 0 Å². The number of aryl methyl sites for hydroxylation is 1. The fourth-order valence-corrected chi connectivity index (χ4v) is 4.18. The van der Waals surface area contributed by atoms with Gasteiger partial charge in [0.1, 0.15) is 17.4 Å². The molecule has 0 bridgehead atoms. The van der Waals surface area contributed by atoms with Crippen LogP contribution in [0.2, 0.25) is 0 Å². The van der Waals surface area contributed by atoms with Crippen LogP contribution in [-0.2, 0) is 13.0 Å². The van der Waals surface area contributed by atoms with Crippen molar-refractivity contribution in [3.63, 3.8) is 0 Å². The van der Waals surface area contributed by atoms with Crippen molar-refractivity contribution in [2.24, 2.45) is 0 Å². The summed E-state index contributed by atoms with van der Waals surface area (Å²) in [6, 6.07) is 7.49. The molecule has 0 aliphatic carbocycles. The quantitative estimate of drug-likeness (QED) is 0.871. The second-order valence-electron chi connectivity index (χ2n) is 7.59. The number of rotatable bonds is 4. The Labute approximate surface area is 166 Å². The Balaban J connectivity index is 1.35. The van der Waals surface area contributed by atoms with E-state index in [0.29, 0.717) is 12.5 Å². The number of piperidine rings is 1. The Morgan fingerprint density at radius 3 is 2.86 bits per heavy atom. The van der Waals surface area contributed by atoms with E-state index in [2.05, 4.69) is 20.1 Å². The number of fused-ring (bicyclic) bond motifs is 1. The molecule has 1 fully saturated rings. The summed E-state index contributed by atoms with van der Waals surface area (Å²) in [7, 11) is 0. The number of likely N-dealkylation sites (tertiary alicyclic amines) is 1. The van der Waals surface area contributed by atoms with Crippen molar-refractivity contribution in [1.82, 2.24) is 19.7 Å². The Kier molecular flexibility index (Phi) is 5.78. The van der Waals surface area contributed by atoms with Gasteiger partial charge in [0.05, 0.1) is 6.61 Å². The lowest BCUT2D eigenvalue weighted by atomic mass is 9.96. The zero-order valence-corrected chi connectivity index (χ0v) is 16.6. The first kappa shape index (κ1) is 18.8. The van der Waals surface area contributed by atoms with E-state index in [1.165, 1.54) is 19.3 Å². The minimum Gasteiger partial charge on any atom is -0.494 e. The van der Waals surface area contributed by atoms with Gasteiger partial charge in [-0.15, -0.1) is 10.2 Å². The van der Waals surface area contributed by atoms with Crippen molar-refractivity contribution in [3.8, 4) is 5.75 Å². The summed E-state index contributed by atoms with van der Waals surface area (Å²) in [4.78, 5) is 14.5. The maximum atomic E-state index is 12.6. The summed E-state index contributed by atoms with van der Waals surface area (Å²) in [5.41, 5.74) is 0.765. The van der Waals surface area contributed by atoms with Gasteiger partial charge in [-0.25, -0.2) is 4.79 Å². The molecular formula is C21H29N5O2. The lowest BCUT2D eigenvalue weighted by Gasteiger charge is -2.31. The number of anilines is 1. The third-order valence-corrected chi connectivity index (χ3v) is 5.68. The molecule has 2 aromatic rings. The van der Waals surface area contributed by atoms with E-state index in [4.69, 9.17) is 4.74 Å². The van der Waals surface area contributed by atoms with Gasteiger partial charge >= 0.3 is 6.03 Å². The number of carbonyl (C=O) groups excluding carboxylic acids is 1. The molecule has 0 unspecified atom stereocenters. The predicted octanol–water partition coefficient (Wildman–Crippen LogP) is 3.81. The number of nitrogens with zero attached hydrogens (tertiary/aromatic N) is 4. The van der Waals surface area contributed by atoms with Gasteiger partial charge in [-0.1, -0.05) is 12.5 Å². The fourth-order valence-electron chi connectivity index (χ4n) is 4.18. The summed E-state index contributed by atoms with van der Waals surface area (Å²) >= 11 is 0. The van der Waals surface area contributed by atoms with E-state index in [-0.39, 0.29) is 6.03 Å². The molecule has 1 aromatic heterocycles. The molecule has 1 N–H and O–H groups in total. The van der Waals surface area contributed by atoms with E-state index in [0.717, 1.165) is 62.0 Å². The zero-order chi connectivity index (χ0) is 19.3. The highest BCUT2D eigenvalue weighted by atomic mass is 16.5. The molecule has 3 heterocycles. The Hall–Kier alpha value is -2.57. The van der Waals surface area contributed by atoms with Crippen LogP contribution in [0.5, 0.6) is 5.75 Å². The van der Waals surface area contributed by atoms with Crippen molar-refractivity contribution in [1.29, 1.82) is 0 Å². The van der Waals surface area contributed by atoms with Gasteiger partial charge in [0.25, 0.3) is 0 Å². The maximum Gasteiger partial charge on any atom is 0.321 e. The number of nitrogens with one attached hydrogen (secondary N) is 1. The van der Waals surface area contributed by atoms with E-state index >= 15 is 0 Å². The molecule has 0 atom stereocenters. The summed E-state index contributed by atoms with van der Waals surface area (Å²) in [6.45, 7) is 5.07. The highest BCUT2D eigenvalue weighted by Gasteiger charge is 2.28.